The molecule has 1 aliphatic heterocycles. The largest absolute Gasteiger partial charge is 0.355 e. The second-order valence-electron chi connectivity index (χ2n) is 7.06. The van der Waals surface area contributed by atoms with E-state index in [-0.39, 0.29) is 11.7 Å². The van der Waals surface area contributed by atoms with Crippen LogP contribution >= 0.6 is 11.8 Å². The zero-order valence-electron chi connectivity index (χ0n) is 16.0. The Labute approximate surface area is 168 Å². The monoisotopic (exact) mass is 395 g/mol. The number of thioether (sulfide) groups is 1. The number of hydrogen-bond donors (Lipinski definition) is 1. The summed E-state index contributed by atoms with van der Waals surface area (Å²) < 4.78 is 13.5. The van der Waals surface area contributed by atoms with E-state index in [0.717, 1.165) is 58.0 Å². The van der Waals surface area contributed by atoms with Crippen LogP contribution in [0.25, 0.3) is 10.9 Å². The van der Waals surface area contributed by atoms with Gasteiger partial charge in [0, 0.05) is 35.7 Å². The molecule has 2 aromatic carbocycles. The molecule has 0 atom stereocenters. The van der Waals surface area contributed by atoms with Crippen molar-refractivity contribution in [1.82, 2.24) is 9.88 Å². The summed E-state index contributed by atoms with van der Waals surface area (Å²) in [5, 5.41) is 4.33. The molecule has 0 saturated carbocycles. The van der Waals surface area contributed by atoms with Crippen LogP contribution in [0.5, 0.6) is 0 Å². The number of rotatable bonds is 3. The smallest absolute Gasteiger partial charge is 0.272 e. The van der Waals surface area contributed by atoms with Crippen molar-refractivity contribution < 1.29 is 9.18 Å². The zero-order valence-corrected chi connectivity index (χ0v) is 16.8. The molecule has 28 heavy (non-hydrogen) atoms. The first-order chi connectivity index (χ1) is 13.5. The van der Waals surface area contributed by atoms with E-state index >= 15 is 0 Å². The van der Waals surface area contributed by atoms with Gasteiger partial charge in [-0.3, -0.25) is 4.79 Å². The van der Waals surface area contributed by atoms with E-state index in [4.69, 9.17) is 0 Å². The fourth-order valence-electron chi connectivity index (χ4n) is 3.39. The number of carbonyl (C=O) groups excluding carboxylic acids is 1. The van der Waals surface area contributed by atoms with Crippen LogP contribution in [-0.4, -0.2) is 40.4 Å². The molecule has 0 aliphatic carbocycles. The minimum atomic E-state index is -0.266. The molecule has 2 heterocycles. The minimum absolute atomic E-state index is 0.0401. The first-order valence-corrected chi connectivity index (χ1v) is 10.5. The number of carbonyl (C=O) groups is 1. The van der Waals surface area contributed by atoms with Gasteiger partial charge in [0.15, 0.2) is 0 Å². The highest BCUT2D eigenvalue weighted by Gasteiger charge is 2.21. The lowest BCUT2D eigenvalue weighted by Gasteiger charge is -2.26. The summed E-state index contributed by atoms with van der Waals surface area (Å²) >= 11 is 1.87. The first kappa shape index (κ1) is 18.7. The Bertz CT molecular complexity index is 1050. The van der Waals surface area contributed by atoms with Crippen molar-refractivity contribution in [1.29, 1.82) is 0 Å². The van der Waals surface area contributed by atoms with Crippen molar-refractivity contribution in [3.63, 3.8) is 0 Å². The quantitative estimate of drug-likeness (QED) is 0.683. The van der Waals surface area contributed by atoms with Crippen molar-refractivity contribution in [3.05, 3.63) is 65.1 Å². The number of nitrogens with one attached hydrogen (secondary N) is 1. The van der Waals surface area contributed by atoms with E-state index in [1.165, 1.54) is 12.1 Å². The second-order valence-corrected chi connectivity index (χ2v) is 8.29. The van der Waals surface area contributed by atoms with Gasteiger partial charge in [-0.25, -0.2) is 9.37 Å². The van der Waals surface area contributed by atoms with Gasteiger partial charge >= 0.3 is 0 Å². The van der Waals surface area contributed by atoms with Gasteiger partial charge in [0.2, 0.25) is 0 Å². The molecule has 0 unspecified atom stereocenters. The number of hydrogen-bond acceptors (Lipinski definition) is 4. The Morgan fingerprint density at radius 2 is 1.86 bits per heavy atom. The highest BCUT2D eigenvalue weighted by atomic mass is 32.2. The maximum atomic E-state index is 13.5. The van der Waals surface area contributed by atoms with Gasteiger partial charge in [-0.15, -0.1) is 0 Å². The molecule has 0 radical (unpaired) electrons. The number of nitrogens with zero attached hydrogens (tertiary/aromatic N) is 2. The van der Waals surface area contributed by atoms with E-state index < -0.39 is 0 Å². The third-order valence-corrected chi connectivity index (χ3v) is 5.88. The normalized spacial score (nSPS) is 14.3. The van der Waals surface area contributed by atoms with Crippen LogP contribution in [0.3, 0.4) is 0 Å². The molecule has 4 rings (SSSR count). The number of pyridine rings is 1. The number of benzene rings is 2. The summed E-state index contributed by atoms with van der Waals surface area (Å²) in [6.07, 6.45) is 0. The maximum absolute atomic E-state index is 13.5. The molecule has 6 heteroatoms. The Hall–Kier alpha value is -2.60. The van der Waals surface area contributed by atoms with Crippen molar-refractivity contribution >= 4 is 39.9 Å². The van der Waals surface area contributed by atoms with Gasteiger partial charge in [0.25, 0.3) is 5.91 Å². The van der Waals surface area contributed by atoms with Crippen molar-refractivity contribution in [3.8, 4) is 0 Å². The number of aryl methyl sites for hydroxylation is 2. The summed E-state index contributed by atoms with van der Waals surface area (Å²) in [7, 11) is 0. The van der Waals surface area contributed by atoms with E-state index in [9.17, 15) is 9.18 Å². The van der Waals surface area contributed by atoms with Crippen LogP contribution in [-0.2, 0) is 0 Å². The lowest BCUT2D eigenvalue weighted by atomic mass is 10.1. The van der Waals surface area contributed by atoms with Crippen LogP contribution in [0, 0.1) is 19.7 Å². The summed E-state index contributed by atoms with van der Waals surface area (Å²) in [6, 6.07) is 12.4. The lowest BCUT2D eigenvalue weighted by Crippen LogP contribution is -2.38. The molecule has 1 N–H and O–H groups in total. The third kappa shape index (κ3) is 3.83. The van der Waals surface area contributed by atoms with Gasteiger partial charge < -0.3 is 10.2 Å². The maximum Gasteiger partial charge on any atom is 0.272 e. The Morgan fingerprint density at radius 1 is 1.07 bits per heavy atom. The molecule has 1 aliphatic rings. The molecule has 4 nitrogen and oxygen atoms in total. The zero-order chi connectivity index (χ0) is 19.7. The number of halogens is 1. The van der Waals surface area contributed by atoms with E-state index in [0.29, 0.717) is 5.69 Å². The number of aromatic nitrogens is 1. The molecule has 1 saturated heterocycles. The van der Waals surface area contributed by atoms with Gasteiger partial charge in [0.05, 0.1) is 11.2 Å². The highest BCUT2D eigenvalue weighted by molar-refractivity contribution is 7.99. The SMILES string of the molecule is Cc1ccc2nc(C(=O)N3CCSCC3)cc(Nc3ccc(F)cc3C)c2c1. The lowest BCUT2D eigenvalue weighted by molar-refractivity contribution is 0.0767. The van der Waals surface area contributed by atoms with Crippen molar-refractivity contribution in [2.75, 3.05) is 29.9 Å². The third-order valence-electron chi connectivity index (χ3n) is 4.94. The molecule has 144 valence electrons. The molecule has 3 aromatic rings. The fraction of sp³-hybridized carbons (Fsp3) is 0.273. The standard InChI is InChI=1S/C22H22FN3OS/c1-14-3-5-19-17(11-14)20(24-18-6-4-16(23)12-15(18)2)13-21(25-19)22(27)26-7-9-28-10-8-26/h3-6,11-13H,7-10H2,1-2H3,(H,24,25). The highest BCUT2D eigenvalue weighted by Crippen LogP contribution is 2.29. The Balaban J connectivity index is 1.78. The average Bonchev–Trinajstić information content (AvgIpc) is 2.70. The summed E-state index contributed by atoms with van der Waals surface area (Å²) in [5.41, 5.74) is 4.73. The van der Waals surface area contributed by atoms with Crippen LogP contribution < -0.4 is 5.32 Å². The predicted molar refractivity (Wildman–Crippen MR) is 114 cm³/mol. The van der Waals surface area contributed by atoms with Gasteiger partial charge in [-0.05, 0) is 55.8 Å². The van der Waals surface area contributed by atoms with Crippen LogP contribution in [0.1, 0.15) is 21.6 Å². The summed E-state index contributed by atoms with van der Waals surface area (Å²) in [5.74, 6) is 1.61. The van der Waals surface area contributed by atoms with Gasteiger partial charge in [-0.2, -0.15) is 11.8 Å². The Morgan fingerprint density at radius 3 is 2.61 bits per heavy atom. The molecular weight excluding hydrogens is 373 g/mol. The number of anilines is 2. The van der Waals surface area contributed by atoms with Crippen molar-refractivity contribution in [2.24, 2.45) is 0 Å². The predicted octanol–water partition coefficient (Wildman–Crippen LogP) is 4.92. The van der Waals surface area contributed by atoms with Gasteiger partial charge in [-0.1, -0.05) is 11.6 Å². The topological polar surface area (TPSA) is 45.2 Å². The summed E-state index contributed by atoms with van der Waals surface area (Å²) in [6.45, 7) is 5.38. The van der Waals surface area contributed by atoms with Crippen LogP contribution in [0.4, 0.5) is 15.8 Å². The molecule has 1 fully saturated rings. The fourth-order valence-corrected chi connectivity index (χ4v) is 4.30. The van der Waals surface area contributed by atoms with Crippen LogP contribution in [0.15, 0.2) is 42.5 Å². The molecule has 1 amide bonds. The average molecular weight is 396 g/mol. The van der Waals surface area contributed by atoms with E-state index in [2.05, 4.69) is 16.4 Å². The molecule has 0 spiro atoms. The van der Waals surface area contributed by atoms with Gasteiger partial charge in [0.1, 0.15) is 11.5 Å². The summed E-state index contributed by atoms with van der Waals surface area (Å²) in [4.78, 5) is 19.5. The van der Waals surface area contributed by atoms with E-state index in [1.807, 2.05) is 48.7 Å². The van der Waals surface area contributed by atoms with Crippen LogP contribution in [0.2, 0.25) is 0 Å². The number of fused-ring (bicyclic) bond motifs is 1. The van der Waals surface area contributed by atoms with Crippen molar-refractivity contribution in [2.45, 2.75) is 13.8 Å². The molecule has 1 aromatic heterocycles. The second kappa shape index (κ2) is 7.80. The van der Waals surface area contributed by atoms with E-state index in [1.54, 1.807) is 6.07 Å². The minimum Gasteiger partial charge on any atom is -0.355 e. The molecule has 0 bridgehead atoms. The molecular formula is C22H22FN3OS. The Kier molecular flexibility index (Phi) is 5.22. The number of amides is 1. The first-order valence-electron chi connectivity index (χ1n) is 9.33.